The van der Waals surface area contributed by atoms with Crippen molar-refractivity contribution in [3.05, 3.63) is 58.4 Å². The molecule has 1 saturated carbocycles. The molecule has 3 unspecified atom stereocenters. The Hall–Kier alpha value is -4.45. The highest BCUT2D eigenvalue weighted by molar-refractivity contribution is 7.23. The summed E-state index contributed by atoms with van der Waals surface area (Å²) in [5.41, 5.74) is 6.48. The average molecular weight is 733 g/mol. The van der Waals surface area contributed by atoms with Crippen molar-refractivity contribution in [1.82, 2.24) is 24.6 Å². The van der Waals surface area contributed by atoms with E-state index in [-0.39, 0.29) is 78.6 Å². The maximum absolute atomic E-state index is 17.1. The van der Waals surface area contributed by atoms with Crippen LogP contribution in [0.15, 0.2) is 30.5 Å². The van der Waals surface area contributed by atoms with Crippen molar-refractivity contribution in [3.8, 4) is 23.2 Å². The van der Waals surface area contributed by atoms with Crippen LogP contribution in [0.2, 0.25) is 5.02 Å². The molecule has 4 aliphatic rings. The second kappa shape index (κ2) is 11.8. The molecule has 3 aliphatic heterocycles. The number of fused-ring (bicyclic) bond motifs is 4. The third-order valence-electron chi connectivity index (χ3n) is 11.4. The van der Waals surface area contributed by atoms with E-state index < -0.39 is 23.3 Å². The number of carbonyl (C=O) groups excluding carboxylic acids is 1. The van der Waals surface area contributed by atoms with Gasteiger partial charge in [-0.25, -0.2) is 17.9 Å². The zero-order valence-electron chi connectivity index (χ0n) is 27.5. The molecule has 3 aromatic heterocycles. The quantitative estimate of drug-likeness (QED) is 0.201. The van der Waals surface area contributed by atoms with Crippen molar-refractivity contribution >= 4 is 60.7 Å². The Kier molecular flexibility index (Phi) is 7.51. The van der Waals surface area contributed by atoms with Crippen LogP contribution in [0, 0.1) is 47.6 Å². The maximum Gasteiger partial charge on any atom is 0.319 e. The van der Waals surface area contributed by atoms with Gasteiger partial charge in [-0.2, -0.15) is 20.3 Å². The van der Waals surface area contributed by atoms with Crippen LogP contribution in [0.3, 0.4) is 0 Å². The molecule has 6 heterocycles. The summed E-state index contributed by atoms with van der Waals surface area (Å²) in [7, 11) is 0. The normalized spacial score (nSPS) is 25.7. The van der Waals surface area contributed by atoms with E-state index >= 15 is 4.39 Å². The summed E-state index contributed by atoms with van der Waals surface area (Å²) in [6, 6.07) is 7.94. The predicted octanol–water partition coefficient (Wildman–Crippen LogP) is 6.77. The number of carbonyl (C=O) groups is 1. The number of nitrogens with two attached hydrogens (primary N) is 1. The van der Waals surface area contributed by atoms with Crippen molar-refractivity contribution in [2.24, 2.45) is 17.8 Å². The number of aromatic nitrogens is 4. The smallest absolute Gasteiger partial charge is 0.319 e. The minimum Gasteiger partial charge on any atom is -0.461 e. The number of hydrogen-bond acceptors (Lipinski definition) is 10. The molecule has 262 valence electrons. The number of halogens is 4. The van der Waals surface area contributed by atoms with Gasteiger partial charge in [-0.05, 0) is 68.3 Å². The molecule has 9 rings (SSSR count). The summed E-state index contributed by atoms with van der Waals surface area (Å²) in [5, 5.41) is 14.9. The zero-order chi connectivity index (χ0) is 35.3. The van der Waals surface area contributed by atoms with Gasteiger partial charge in [-0.15, -0.1) is 11.3 Å². The molecule has 0 radical (unpaired) electrons. The molecular formula is C36H32ClF3N8O2S. The lowest BCUT2D eigenvalue weighted by atomic mass is 9.66. The molecule has 1 aliphatic carbocycles. The van der Waals surface area contributed by atoms with Gasteiger partial charge in [0.1, 0.15) is 41.0 Å². The van der Waals surface area contributed by atoms with Gasteiger partial charge < -0.3 is 15.4 Å². The SMILES string of the molecule is Cc1ccn(C(=O)C2CC3CN(c4nc(OC[C@@]56CCCN5C[C@H](F)C6)nc5c(F)c(-c6ccc(F)c7sc(N)c(C#N)c67)c(Cl)cc45)CC32)n1. The minimum atomic E-state index is -0.956. The standard InChI is InChI=1S/C36H32ClF3N8O2S/c1-17-5-8-48(45-17)34(49)21-9-18-13-46(15-24(18)21)33-22-10-25(37)28(20-3-4-26(39)31-27(20)23(12-41)32(42)51-31)29(40)30(22)43-35(44-33)50-16-36-6-2-7-47(36)14-19(38)11-36/h3-5,8,10,18-19,21,24H,2,6-7,9,11,13-16,42H2,1H3/t18?,19-,21?,24?,36+/m1/s1. The van der Waals surface area contributed by atoms with Crippen molar-refractivity contribution in [2.75, 3.05) is 43.4 Å². The Bertz CT molecular complexity index is 2330. The molecule has 2 N–H and O–H groups in total. The number of ether oxygens (including phenoxy) is 1. The summed E-state index contributed by atoms with van der Waals surface area (Å²) in [4.78, 5) is 26.9. The van der Waals surface area contributed by atoms with E-state index in [1.165, 1.54) is 16.8 Å². The number of aryl methyl sites for hydroxylation is 1. The van der Waals surface area contributed by atoms with Gasteiger partial charge in [-0.3, -0.25) is 9.69 Å². The second-order valence-corrected chi connectivity index (χ2v) is 15.8. The summed E-state index contributed by atoms with van der Waals surface area (Å²) in [6.45, 7) is 4.18. The van der Waals surface area contributed by atoms with E-state index in [0.717, 1.165) is 36.4 Å². The number of hydrogen-bond donors (Lipinski definition) is 1. The van der Waals surface area contributed by atoms with Crippen LogP contribution in [-0.4, -0.2) is 75.1 Å². The van der Waals surface area contributed by atoms with E-state index in [0.29, 0.717) is 43.7 Å². The van der Waals surface area contributed by atoms with E-state index in [1.807, 2.05) is 17.9 Å². The number of nitrogen functional groups attached to an aromatic ring is 1. The first-order chi connectivity index (χ1) is 24.5. The highest BCUT2D eigenvalue weighted by atomic mass is 35.5. The number of thiophene rings is 1. The molecule has 10 nitrogen and oxygen atoms in total. The van der Waals surface area contributed by atoms with E-state index in [1.54, 1.807) is 18.3 Å². The molecule has 2 aromatic carbocycles. The van der Waals surface area contributed by atoms with Gasteiger partial charge in [0, 0.05) is 54.5 Å². The number of nitriles is 1. The number of rotatable bonds is 6. The third kappa shape index (κ3) is 4.99. The Morgan fingerprint density at radius 2 is 2.08 bits per heavy atom. The van der Waals surface area contributed by atoms with Gasteiger partial charge in [0.2, 0.25) is 5.91 Å². The first-order valence-corrected chi connectivity index (χ1v) is 18.2. The maximum atomic E-state index is 17.1. The first kappa shape index (κ1) is 32.5. The van der Waals surface area contributed by atoms with Crippen molar-refractivity contribution in [2.45, 2.75) is 44.3 Å². The second-order valence-electron chi connectivity index (χ2n) is 14.3. The molecule has 5 aromatic rings. The zero-order valence-corrected chi connectivity index (χ0v) is 29.1. The fourth-order valence-corrected chi connectivity index (χ4v) is 10.2. The summed E-state index contributed by atoms with van der Waals surface area (Å²) >= 11 is 7.80. The molecule has 5 atom stereocenters. The Morgan fingerprint density at radius 1 is 1.24 bits per heavy atom. The number of anilines is 2. The molecule has 0 bridgehead atoms. The highest BCUT2D eigenvalue weighted by Gasteiger charge is 2.52. The van der Waals surface area contributed by atoms with E-state index in [9.17, 15) is 18.8 Å². The van der Waals surface area contributed by atoms with Crippen LogP contribution in [-0.2, 0) is 0 Å². The van der Waals surface area contributed by atoms with E-state index in [4.69, 9.17) is 27.1 Å². The lowest BCUT2D eigenvalue weighted by Gasteiger charge is -2.37. The van der Waals surface area contributed by atoms with Crippen LogP contribution in [0.5, 0.6) is 6.01 Å². The topological polar surface area (TPSA) is 126 Å². The summed E-state index contributed by atoms with van der Waals surface area (Å²) in [5.74, 6) is -0.972. The molecule has 15 heteroatoms. The lowest BCUT2D eigenvalue weighted by Crippen LogP contribution is -2.43. The predicted molar refractivity (Wildman–Crippen MR) is 188 cm³/mol. The molecule has 0 spiro atoms. The fraction of sp³-hybridized carbons (Fsp3) is 0.417. The van der Waals surface area contributed by atoms with Crippen molar-refractivity contribution in [3.63, 3.8) is 0 Å². The van der Waals surface area contributed by atoms with Gasteiger partial charge in [0.15, 0.2) is 5.82 Å². The van der Waals surface area contributed by atoms with Crippen molar-refractivity contribution in [1.29, 1.82) is 5.26 Å². The minimum absolute atomic E-state index is 0.0183. The van der Waals surface area contributed by atoms with Gasteiger partial charge in [-0.1, -0.05) is 17.7 Å². The van der Waals surface area contributed by atoms with Gasteiger partial charge in [0.25, 0.3) is 0 Å². The molecule has 51 heavy (non-hydrogen) atoms. The van der Waals surface area contributed by atoms with E-state index in [2.05, 4.69) is 15.0 Å². The average Bonchev–Trinajstić information content (AvgIpc) is 3.90. The van der Waals surface area contributed by atoms with Crippen LogP contribution < -0.4 is 15.4 Å². The monoisotopic (exact) mass is 732 g/mol. The van der Waals surface area contributed by atoms with Gasteiger partial charge >= 0.3 is 6.01 Å². The van der Waals surface area contributed by atoms with Crippen LogP contribution >= 0.6 is 22.9 Å². The van der Waals surface area contributed by atoms with Crippen LogP contribution in [0.1, 0.15) is 41.7 Å². The lowest BCUT2D eigenvalue weighted by molar-refractivity contribution is 0.0532. The number of nitrogens with zero attached hydrogens (tertiary/aromatic N) is 7. The first-order valence-electron chi connectivity index (χ1n) is 17.0. The third-order valence-corrected chi connectivity index (χ3v) is 12.7. The van der Waals surface area contributed by atoms with Crippen molar-refractivity contribution < 1.29 is 22.7 Å². The molecule has 4 fully saturated rings. The number of alkyl halides is 1. The van der Waals surface area contributed by atoms with Gasteiger partial charge in [0.05, 0.1) is 26.5 Å². The summed E-state index contributed by atoms with van der Waals surface area (Å²) < 4.78 is 54.4. The molecule has 3 saturated heterocycles. The summed E-state index contributed by atoms with van der Waals surface area (Å²) in [6.07, 6.45) is 3.46. The Morgan fingerprint density at radius 3 is 2.86 bits per heavy atom. The largest absolute Gasteiger partial charge is 0.461 e. The molecular weight excluding hydrogens is 701 g/mol. The number of benzene rings is 2. The van der Waals surface area contributed by atoms with Crippen LogP contribution in [0.25, 0.3) is 32.1 Å². The fourth-order valence-electron chi connectivity index (χ4n) is 8.94. The Labute approximate surface area is 299 Å². The Balaban J connectivity index is 1.14. The molecule has 0 amide bonds. The van der Waals surface area contributed by atoms with Crippen LogP contribution in [0.4, 0.5) is 24.0 Å². The highest BCUT2D eigenvalue weighted by Crippen LogP contribution is 2.50.